The average Bonchev–Trinajstić information content (AvgIpc) is 2.77. The molecule has 0 aliphatic carbocycles. The number of nitrogens with zero attached hydrogens (tertiary/aromatic N) is 1. The van der Waals surface area contributed by atoms with Gasteiger partial charge in [-0.05, 0) is 62.9 Å². The monoisotopic (exact) mass is 491 g/mol. The molecule has 2 aromatic carbocycles. The summed E-state index contributed by atoms with van der Waals surface area (Å²) in [4.78, 5) is 24.8. The molecule has 2 aliphatic heterocycles. The molecule has 0 spiro atoms. The Balaban J connectivity index is 1.54. The van der Waals surface area contributed by atoms with E-state index in [1.165, 1.54) is 10.4 Å². The summed E-state index contributed by atoms with van der Waals surface area (Å²) < 4.78 is 33.9. The van der Waals surface area contributed by atoms with Gasteiger partial charge in [-0.2, -0.15) is 4.31 Å². The molecule has 1 fully saturated rings. The van der Waals surface area contributed by atoms with Crippen molar-refractivity contribution < 1.29 is 22.7 Å². The molecule has 2 heterocycles. The second-order valence-corrected chi connectivity index (χ2v) is 10.8. The number of nitrogens with one attached hydrogen (secondary N) is 2. The second kappa shape index (κ2) is 8.96. The van der Waals surface area contributed by atoms with Crippen molar-refractivity contribution in [1.29, 1.82) is 0 Å². The Bertz CT molecular complexity index is 1230. The number of piperidine rings is 1. The summed E-state index contributed by atoms with van der Waals surface area (Å²) in [6.45, 7) is 5.55. The number of fused-ring (bicyclic) bond motifs is 1. The molecule has 0 unspecified atom stereocenters. The lowest BCUT2D eigenvalue weighted by Gasteiger charge is -2.32. The summed E-state index contributed by atoms with van der Waals surface area (Å²) in [6.07, 6.45) is 0.446. The number of amides is 2. The van der Waals surface area contributed by atoms with E-state index in [0.29, 0.717) is 47.1 Å². The fourth-order valence-electron chi connectivity index (χ4n) is 4.05. The van der Waals surface area contributed by atoms with Gasteiger partial charge in [-0.15, -0.1) is 0 Å². The highest BCUT2D eigenvalue weighted by Crippen LogP contribution is 2.36. The minimum absolute atomic E-state index is 0.0816. The van der Waals surface area contributed by atoms with Gasteiger partial charge in [0.25, 0.3) is 5.91 Å². The lowest BCUT2D eigenvalue weighted by atomic mass is 9.98. The first-order valence-corrected chi connectivity index (χ1v) is 12.6. The van der Waals surface area contributed by atoms with Gasteiger partial charge in [-0.25, -0.2) is 8.42 Å². The molecular weight excluding hydrogens is 466 g/mol. The third-order valence-electron chi connectivity index (χ3n) is 6.02. The van der Waals surface area contributed by atoms with E-state index in [1.807, 2.05) is 13.0 Å². The van der Waals surface area contributed by atoms with Crippen LogP contribution >= 0.6 is 11.6 Å². The van der Waals surface area contributed by atoms with Gasteiger partial charge in [0.2, 0.25) is 15.9 Å². The standard InChI is InChI=1S/C23H26ClN3O5S/c1-13-6-7-17(10-18(13)24)25-23(29)16-5-4-8-27(12-16)33(30,31)21-11-20-19(9-14(21)2)26-22(28)15(3)32-20/h6-7,9-11,15-16H,4-5,8,12H2,1-3H3,(H,25,29)(H,26,28)/t15-,16-/m1/s1. The fourth-order valence-corrected chi connectivity index (χ4v) is 5.98. The number of carbonyl (C=O) groups is 2. The summed E-state index contributed by atoms with van der Waals surface area (Å²) in [5.41, 5.74) is 2.42. The Morgan fingerprint density at radius 2 is 1.97 bits per heavy atom. The van der Waals surface area contributed by atoms with Gasteiger partial charge >= 0.3 is 0 Å². The zero-order valence-corrected chi connectivity index (χ0v) is 20.2. The number of hydrogen-bond acceptors (Lipinski definition) is 5. The van der Waals surface area contributed by atoms with Gasteiger partial charge in [0.1, 0.15) is 5.75 Å². The third kappa shape index (κ3) is 4.71. The molecule has 2 aromatic rings. The maximum Gasteiger partial charge on any atom is 0.265 e. The molecule has 2 atom stereocenters. The van der Waals surface area contributed by atoms with Crippen molar-refractivity contribution in [3.05, 3.63) is 46.5 Å². The largest absolute Gasteiger partial charge is 0.479 e. The Morgan fingerprint density at radius 1 is 1.21 bits per heavy atom. The predicted molar refractivity (Wildman–Crippen MR) is 126 cm³/mol. The van der Waals surface area contributed by atoms with Gasteiger partial charge in [0, 0.05) is 29.9 Å². The summed E-state index contributed by atoms with van der Waals surface area (Å²) in [5, 5.41) is 6.13. The minimum atomic E-state index is -3.87. The highest BCUT2D eigenvalue weighted by atomic mass is 35.5. The van der Waals surface area contributed by atoms with Crippen molar-refractivity contribution in [2.75, 3.05) is 23.7 Å². The van der Waals surface area contributed by atoms with Crippen molar-refractivity contribution >= 4 is 44.8 Å². The Kier molecular flexibility index (Phi) is 6.39. The van der Waals surface area contributed by atoms with Crippen molar-refractivity contribution in [2.24, 2.45) is 5.92 Å². The highest BCUT2D eigenvalue weighted by Gasteiger charge is 2.35. The number of sulfonamides is 1. The van der Waals surface area contributed by atoms with Crippen LogP contribution in [-0.4, -0.2) is 43.7 Å². The van der Waals surface area contributed by atoms with Crippen LogP contribution in [0.25, 0.3) is 0 Å². The fraction of sp³-hybridized carbons (Fsp3) is 0.391. The van der Waals surface area contributed by atoms with E-state index in [-0.39, 0.29) is 23.3 Å². The smallest absolute Gasteiger partial charge is 0.265 e. The molecule has 2 amide bonds. The maximum atomic E-state index is 13.5. The van der Waals surface area contributed by atoms with E-state index in [9.17, 15) is 18.0 Å². The first-order valence-electron chi connectivity index (χ1n) is 10.8. The van der Waals surface area contributed by atoms with E-state index in [2.05, 4.69) is 10.6 Å². The Labute approximate surface area is 198 Å². The average molecular weight is 492 g/mol. The topological polar surface area (TPSA) is 105 Å². The molecular formula is C23H26ClN3O5S. The summed E-state index contributed by atoms with van der Waals surface area (Å²) in [5.74, 6) is -0.690. The molecule has 0 bridgehead atoms. The molecule has 8 nitrogen and oxygen atoms in total. The molecule has 33 heavy (non-hydrogen) atoms. The molecule has 0 aromatic heterocycles. The number of benzene rings is 2. The van der Waals surface area contributed by atoms with Crippen LogP contribution in [0.2, 0.25) is 5.02 Å². The van der Waals surface area contributed by atoms with Gasteiger partial charge in [0.15, 0.2) is 6.10 Å². The molecule has 0 saturated carbocycles. The van der Waals surface area contributed by atoms with Crippen LogP contribution in [0.1, 0.15) is 30.9 Å². The maximum absolute atomic E-state index is 13.5. The molecule has 4 rings (SSSR count). The number of ether oxygens (including phenoxy) is 1. The van der Waals surface area contributed by atoms with Gasteiger partial charge in [-0.3, -0.25) is 9.59 Å². The Hall–Kier alpha value is -2.62. The van der Waals surface area contributed by atoms with E-state index >= 15 is 0 Å². The van der Waals surface area contributed by atoms with E-state index in [0.717, 1.165) is 5.56 Å². The summed E-state index contributed by atoms with van der Waals surface area (Å²) in [7, 11) is -3.87. The van der Waals surface area contributed by atoms with Crippen LogP contribution in [0.5, 0.6) is 5.75 Å². The lowest BCUT2D eigenvalue weighted by molar-refractivity contribution is -0.123. The van der Waals surface area contributed by atoms with Crippen LogP contribution < -0.4 is 15.4 Å². The van der Waals surface area contributed by atoms with E-state index < -0.39 is 22.0 Å². The van der Waals surface area contributed by atoms with Gasteiger partial charge in [0.05, 0.1) is 16.5 Å². The van der Waals surface area contributed by atoms with E-state index in [4.69, 9.17) is 16.3 Å². The van der Waals surface area contributed by atoms with Crippen LogP contribution in [0.4, 0.5) is 11.4 Å². The Morgan fingerprint density at radius 3 is 2.70 bits per heavy atom. The molecule has 0 radical (unpaired) electrons. The molecule has 1 saturated heterocycles. The quantitative estimate of drug-likeness (QED) is 0.678. The zero-order valence-electron chi connectivity index (χ0n) is 18.6. The van der Waals surface area contributed by atoms with Crippen LogP contribution in [-0.2, 0) is 19.6 Å². The molecule has 2 N–H and O–H groups in total. The first-order chi connectivity index (χ1) is 15.6. The van der Waals surface area contributed by atoms with Crippen molar-refractivity contribution in [2.45, 2.75) is 44.6 Å². The number of anilines is 2. The SMILES string of the molecule is Cc1ccc(NC(=O)[C@@H]2CCCN(S(=O)(=O)c3cc4c(cc3C)NC(=O)[C@@H](C)O4)C2)cc1Cl. The van der Waals surface area contributed by atoms with Crippen molar-refractivity contribution in [3.8, 4) is 5.75 Å². The molecule has 176 valence electrons. The van der Waals surface area contributed by atoms with Gasteiger partial charge < -0.3 is 15.4 Å². The van der Waals surface area contributed by atoms with Crippen molar-refractivity contribution in [3.63, 3.8) is 0 Å². The van der Waals surface area contributed by atoms with Crippen molar-refractivity contribution in [1.82, 2.24) is 4.31 Å². The van der Waals surface area contributed by atoms with Crippen LogP contribution in [0, 0.1) is 19.8 Å². The molecule has 10 heteroatoms. The predicted octanol–water partition coefficient (Wildman–Crippen LogP) is 3.72. The highest BCUT2D eigenvalue weighted by molar-refractivity contribution is 7.89. The number of halogens is 1. The third-order valence-corrected chi connectivity index (χ3v) is 8.43. The lowest BCUT2D eigenvalue weighted by Crippen LogP contribution is -2.44. The number of rotatable bonds is 4. The number of aryl methyl sites for hydroxylation is 2. The van der Waals surface area contributed by atoms with Crippen LogP contribution in [0.3, 0.4) is 0 Å². The van der Waals surface area contributed by atoms with Gasteiger partial charge in [-0.1, -0.05) is 17.7 Å². The number of carbonyl (C=O) groups excluding carboxylic acids is 2. The summed E-state index contributed by atoms with van der Waals surface area (Å²) >= 11 is 6.14. The molecule has 2 aliphatic rings. The van der Waals surface area contributed by atoms with Crippen LogP contribution in [0.15, 0.2) is 35.2 Å². The minimum Gasteiger partial charge on any atom is -0.479 e. The zero-order chi connectivity index (χ0) is 23.9. The first kappa shape index (κ1) is 23.5. The van der Waals surface area contributed by atoms with E-state index in [1.54, 1.807) is 32.0 Å². The number of hydrogen-bond donors (Lipinski definition) is 2. The normalized spacial score (nSPS) is 21.0. The summed E-state index contributed by atoms with van der Waals surface area (Å²) in [6, 6.07) is 8.32. The second-order valence-electron chi connectivity index (χ2n) is 8.52.